The van der Waals surface area contributed by atoms with Crippen molar-refractivity contribution >= 4 is 17.5 Å². The lowest BCUT2D eigenvalue weighted by atomic mass is 10.1. The van der Waals surface area contributed by atoms with E-state index in [2.05, 4.69) is 78.6 Å². The van der Waals surface area contributed by atoms with Crippen LogP contribution in [0.1, 0.15) is 38.8 Å². The van der Waals surface area contributed by atoms with Gasteiger partial charge in [-0.25, -0.2) is 0 Å². The van der Waals surface area contributed by atoms with Crippen LogP contribution in [-0.2, 0) is 6.42 Å². The molecule has 0 radical (unpaired) electrons. The highest BCUT2D eigenvalue weighted by molar-refractivity contribution is 5.63. The van der Waals surface area contributed by atoms with Crippen molar-refractivity contribution in [3.63, 3.8) is 0 Å². The van der Waals surface area contributed by atoms with Gasteiger partial charge in [0.2, 0.25) is 5.95 Å². The maximum atomic E-state index is 4.47. The lowest BCUT2D eigenvalue weighted by molar-refractivity contribution is 0.629. The first-order chi connectivity index (χ1) is 9.89. The number of rotatable bonds is 4. The Labute approximate surface area is 126 Å². The van der Waals surface area contributed by atoms with E-state index in [-0.39, 0.29) is 5.54 Å². The fourth-order valence-corrected chi connectivity index (χ4v) is 2.11. The summed E-state index contributed by atoms with van der Waals surface area (Å²) in [6, 6.07) is 6.25. The molecule has 0 bridgehead atoms. The second-order valence-electron chi connectivity index (χ2n) is 6.13. The van der Waals surface area contributed by atoms with Gasteiger partial charge in [-0.3, -0.25) is 0 Å². The number of nitrogens with zero attached hydrogens (tertiary/aromatic N) is 3. The molecule has 0 aliphatic heterocycles. The van der Waals surface area contributed by atoms with Crippen molar-refractivity contribution in [3.05, 3.63) is 35.5 Å². The molecule has 5 nitrogen and oxygen atoms in total. The van der Waals surface area contributed by atoms with Gasteiger partial charge >= 0.3 is 0 Å². The third-order valence-electron chi connectivity index (χ3n) is 3.04. The van der Waals surface area contributed by atoms with Crippen molar-refractivity contribution in [1.82, 2.24) is 15.2 Å². The van der Waals surface area contributed by atoms with E-state index in [1.54, 1.807) is 6.20 Å². The Kier molecular flexibility index (Phi) is 4.40. The van der Waals surface area contributed by atoms with E-state index in [0.717, 1.165) is 12.1 Å². The number of hydrogen-bond acceptors (Lipinski definition) is 5. The van der Waals surface area contributed by atoms with Crippen molar-refractivity contribution in [2.45, 2.75) is 46.6 Å². The summed E-state index contributed by atoms with van der Waals surface area (Å²) in [5, 5.41) is 14.7. The van der Waals surface area contributed by atoms with Crippen LogP contribution < -0.4 is 10.6 Å². The van der Waals surface area contributed by atoms with E-state index < -0.39 is 0 Å². The predicted octanol–water partition coefficient (Wildman–Crippen LogP) is 3.70. The van der Waals surface area contributed by atoms with Gasteiger partial charge in [0, 0.05) is 11.2 Å². The topological polar surface area (TPSA) is 62.7 Å². The Balaban J connectivity index is 2.26. The minimum Gasteiger partial charge on any atom is -0.364 e. The maximum absolute atomic E-state index is 4.47. The minimum absolute atomic E-state index is 0.0649. The number of aryl methyl sites for hydroxylation is 2. The van der Waals surface area contributed by atoms with Gasteiger partial charge in [-0.1, -0.05) is 25.1 Å². The van der Waals surface area contributed by atoms with Crippen molar-refractivity contribution in [1.29, 1.82) is 0 Å². The zero-order valence-corrected chi connectivity index (χ0v) is 13.4. The summed E-state index contributed by atoms with van der Waals surface area (Å²) in [7, 11) is 0. The average molecular weight is 285 g/mol. The molecule has 0 saturated carbocycles. The number of benzene rings is 1. The molecule has 0 fully saturated rings. The standard InChI is InChI=1S/C16H23N5/c1-6-12-9-7-8-11(2)14(12)19-15-18-13(10-17-21-15)20-16(3,4)5/h7-10H,6H2,1-5H3,(H2,18,19,20,21). The lowest BCUT2D eigenvalue weighted by Gasteiger charge is -2.21. The highest BCUT2D eigenvalue weighted by Crippen LogP contribution is 2.24. The van der Waals surface area contributed by atoms with E-state index in [9.17, 15) is 0 Å². The van der Waals surface area contributed by atoms with Gasteiger partial charge in [0.05, 0.1) is 6.20 Å². The summed E-state index contributed by atoms with van der Waals surface area (Å²) in [5.74, 6) is 1.22. The molecule has 0 aliphatic carbocycles. The van der Waals surface area contributed by atoms with Crippen LogP contribution in [0.25, 0.3) is 0 Å². The highest BCUT2D eigenvalue weighted by Gasteiger charge is 2.12. The Morgan fingerprint density at radius 2 is 1.95 bits per heavy atom. The van der Waals surface area contributed by atoms with E-state index in [0.29, 0.717) is 11.8 Å². The molecule has 1 aromatic heterocycles. The molecule has 2 rings (SSSR count). The summed E-state index contributed by atoms with van der Waals surface area (Å²) < 4.78 is 0. The lowest BCUT2D eigenvalue weighted by Crippen LogP contribution is -2.27. The van der Waals surface area contributed by atoms with Gasteiger partial charge in [-0.15, -0.1) is 5.10 Å². The number of nitrogens with one attached hydrogen (secondary N) is 2. The first kappa shape index (κ1) is 15.2. The molecule has 0 amide bonds. The van der Waals surface area contributed by atoms with E-state index in [4.69, 9.17) is 0 Å². The number of aromatic nitrogens is 3. The molecule has 0 aliphatic rings. The molecule has 112 valence electrons. The largest absolute Gasteiger partial charge is 0.364 e. The van der Waals surface area contributed by atoms with Crippen molar-refractivity contribution in [2.75, 3.05) is 10.6 Å². The Hall–Kier alpha value is -2.17. The van der Waals surface area contributed by atoms with Crippen LogP contribution in [0.4, 0.5) is 17.5 Å². The first-order valence-electron chi connectivity index (χ1n) is 7.22. The molecule has 2 aromatic rings. The molecule has 1 heterocycles. The fourth-order valence-electron chi connectivity index (χ4n) is 2.11. The maximum Gasteiger partial charge on any atom is 0.249 e. The molecule has 0 atom stereocenters. The number of anilines is 3. The predicted molar refractivity (Wildman–Crippen MR) is 87.0 cm³/mol. The molecular weight excluding hydrogens is 262 g/mol. The summed E-state index contributed by atoms with van der Waals surface area (Å²) >= 11 is 0. The smallest absolute Gasteiger partial charge is 0.249 e. The Morgan fingerprint density at radius 1 is 1.19 bits per heavy atom. The highest BCUT2D eigenvalue weighted by atomic mass is 15.3. The van der Waals surface area contributed by atoms with Crippen molar-refractivity contribution in [2.24, 2.45) is 0 Å². The number of para-hydroxylation sites is 1. The van der Waals surface area contributed by atoms with Gasteiger partial charge in [0.1, 0.15) is 0 Å². The first-order valence-corrected chi connectivity index (χ1v) is 7.22. The molecule has 5 heteroatoms. The molecule has 1 aromatic carbocycles. The van der Waals surface area contributed by atoms with E-state index >= 15 is 0 Å². The summed E-state index contributed by atoms with van der Waals surface area (Å²) in [5.41, 5.74) is 3.42. The van der Waals surface area contributed by atoms with Gasteiger partial charge in [0.15, 0.2) is 5.82 Å². The van der Waals surface area contributed by atoms with Crippen LogP contribution in [0.5, 0.6) is 0 Å². The monoisotopic (exact) mass is 285 g/mol. The van der Waals surface area contributed by atoms with Crippen LogP contribution >= 0.6 is 0 Å². The zero-order chi connectivity index (χ0) is 15.5. The molecule has 2 N–H and O–H groups in total. The Bertz CT molecular complexity index is 616. The fraction of sp³-hybridized carbons (Fsp3) is 0.438. The van der Waals surface area contributed by atoms with E-state index in [1.807, 2.05) is 0 Å². The van der Waals surface area contributed by atoms with Gasteiger partial charge in [-0.05, 0) is 45.2 Å². The van der Waals surface area contributed by atoms with Crippen molar-refractivity contribution in [3.8, 4) is 0 Å². The minimum atomic E-state index is -0.0649. The third-order valence-corrected chi connectivity index (χ3v) is 3.04. The van der Waals surface area contributed by atoms with Gasteiger partial charge in [-0.2, -0.15) is 10.1 Å². The van der Waals surface area contributed by atoms with Crippen molar-refractivity contribution < 1.29 is 0 Å². The van der Waals surface area contributed by atoms with E-state index in [1.165, 1.54) is 11.1 Å². The molecule has 21 heavy (non-hydrogen) atoms. The Morgan fingerprint density at radius 3 is 2.62 bits per heavy atom. The third kappa shape index (κ3) is 4.15. The quantitative estimate of drug-likeness (QED) is 0.897. The summed E-state index contributed by atoms with van der Waals surface area (Å²) in [6.07, 6.45) is 2.59. The van der Waals surface area contributed by atoms with Gasteiger partial charge in [0.25, 0.3) is 0 Å². The van der Waals surface area contributed by atoms with Crippen LogP contribution in [0, 0.1) is 6.92 Å². The van der Waals surface area contributed by atoms with Crippen LogP contribution in [0.15, 0.2) is 24.4 Å². The molecule has 0 saturated heterocycles. The second kappa shape index (κ2) is 6.08. The summed E-state index contributed by atoms with van der Waals surface area (Å²) in [4.78, 5) is 4.47. The molecule has 0 unspecified atom stereocenters. The van der Waals surface area contributed by atoms with Gasteiger partial charge < -0.3 is 10.6 Å². The number of hydrogen-bond donors (Lipinski definition) is 2. The van der Waals surface area contributed by atoms with Crippen LogP contribution in [0.2, 0.25) is 0 Å². The summed E-state index contributed by atoms with van der Waals surface area (Å²) in [6.45, 7) is 10.5. The zero-order valence-electron chi connectivity index (χ0n) is 13.4. The normalized spacial score (nSPS) is 11.3. The molecule has 0 spiro atoms. The SMILES string of the molecule is CCc1cccc(C)c1Nc1nncc(NC(C)(C)C)n1. The van der Waals surface area contributed by atoms with Crippen LogP contribution in [-0.4, -0.2) is 20.7 Å². The van der Waals surface area contributed by atoms with Crippen LogP contribution in [0.3, 0.4) is 0 Å². The average Bonchev–Trinajstić information content (AvgIpc) is 2.39. The molecular formula is C16H23N5. The second-order valence-corrected chi connectivity index (χ2v) is 6.13.